The molecule has 2 heterocycles. The van der Waals surface area contributed by atoms with Gasteiger partial charge in [-0.05, 0) is 70.0 Å². The molecule has 1 saturated heterocycles. The number of hydrogen-bond acceptors (Lipinski definition) is 3. The molecule has 1 aromatic heterocycles. The van der Waals surface area contributed by atoms with Crippen LogP contribution in [0.2, 0.25) is 0 Å². The van der Waals surface area contributed by atoms with Crippen molar-refractivity contribution in [2.75, 3.05) is 10.3 Å². The molecule has 1 N–H and O–H groups in total. The number of fused-ring (bicyclic) bond motifs is 1. The largest absolute Gasteiger partial charge is 0.274 e. The second kappa shape index (κ2) is 6.78. The summed E-state index contributed by atoms with van der Waals surface area (Å²) in [6.07, 6.45) is 3.31. The van der Waals surface area contributed by atoms with Gasteiger partial charge in [0, 0.05) is 17.0 Å². The summed E-state index contributed by atoms with van der Waals surface area (Å²) in [5.41, 5.74) is 6.86. The Balaban J connectivity index is 1.53. The highest BCUT2D eigenvalue weighted by Gasteiger charge is 2.48. The molecular formula is C22H23N3O3. The van der Waals surface area contributed by atoms with Crippen LogP contribution in [0.15, 0.2) is 48.0 Å². The summed E-state index contributed by atoms with van der Waals surface area (Å²) in [5, 5.41) is 0. The lowest BCUT2D eigenvalue weighted by Crippen LogP contribution is -2.31. The summed E-state index contributed by atoms with van der Waals surface area (Å²) in [6.45, 7) is 5.83. The fraction of sp³-hybridized carbons (Fsp3) is 0.318. The van der Waals surface area contributed by atoms with Gasteiger partial charge in [-0.15, -0.1) is 0 Å². The highest BCUT2D eigenvalue weighted by Crippen LogP contribution is 2.39. The first kappa shape index (κ1) is 18.2. The first-order valence-corrected chi connectivity index (χ1v) is 9.46. The second-order valence-electron chi connectivity index (χ2n) is 7.65. The molecule has 1 aliphatic carbocycles. The molecule has 2 aromatic rings. The molecule has 2 aliphatic rings. The lowest BCUT2D eigenvalue weighted by Gasteiger charge is -2.18. The highest BCUT2D eigenvalue weighted by atomic mass is 16.2. The van der Waals surface area contributed by atoms with E-state index in [0.29, 0.717) is 24.1 Å². The smallest absolute Gasteiger partial charge is 0.270 e. The highest BCUT2D eigenvalue weighted by molar-refractivity contribution is 6.22. The zero-order chi connectivity index (χ0) is 20.0. The van der Waals surface area contributed by atoms with Crippen molar-refractivity contribution in [2.24, 2.45) is 11.8 Å². The van der Waals surface area contributed by atoms with Gasteiger partial charge in [-0.1, -0.05) is 11.6 Å². The predicted octanol–water partition coefficient (Wildman–Crippen LogP) is 3.33. The van der Waals surface area contributed by atoms with Gasteiger partial charge in [0.1, 0.15) is 0 Å². The minimum atomic E-state index is -0.265. The predicted molar refractivity (Wildman–Crippen MR) is 107 cm³/mol. The maximum Gasteiger partial charge on any atom is 0.270 e. The Kier molecular flexibility index (Phi) is 4.41. The van der Waals surface area contributed by atoms with E-state index in [1.54, 1.807) is 28.9 Å². The third-order valence-corrected chi connectivity index (χ3v) is 5.70. The summed E-state index contributed by atoms with van der Waals surface area (Å²) < 4.78 is 1.73. The summed E-state index contributed by atoms with van der Waals surface area (Å²) in [5.74, 6) is -1.06. The number of benzene rings is 1. The van der Waals surface area contributed by atoms with E-state index in [1.807, 2.05) is 32.9 Å². The summed E-state index contributed by atoms with van der Waals surface area (Å²) in [4.78, 5) is 39.4. The molecule has 3 amide bonds. The standard InChI is InChI=1S/C22H23N3O3/c1-13-4-11-18-19(12-13)22(28)24(21(18)27)17-9-7-16(8-10-17)20(26)23-25-14(2)5-6-15(25)3/h4-10,18-19H,11-12H2,1-3H3,(H,23,26)/t18-,19-/m0/s1. The molecule has 0 radical (unpaired) electrons. The van der Waals surface area contributed by atoms with Crippen LogP contribution in [0.25, 0.3) is 0 Å². The van der Waals surface area contributed by atoms with Crippen LogP contribution >= 0.6 is 0 Å². The third-order valence-electron chi connectivity index (χ3n) is 5.70. The van der Waals surface area contributed by atoms with E-state index >= 15 is 0 Å². The summed E-state index contributed by atoms with van der Waals surface area (Å²) in [7, 11) is 0. The van der Waals surface area contributed by atoms with Crippen molar-refractivity contribution in [3.05, 3.63) is 65.0 Å². The molecule has 6 heteroatoms. The normalized spacial score (nSPS) is 21.5. The molecule has 0 unspecified atom stereocenters. The van der Waals surface area contributed by atoms with Crippen LogP contribution in [0.3, 0.4) is 0 Å². The van der Waals surface area contributed by atoms with Gasteiger partial charge in [0.25, 0.3) is 5.91 Å². The number of nitrogens with one attached hydrogen (secondary N) is 1. The average molecular weight is 377 g/mol. The first-order chi connectivity index (χ1) is 13.4. The van der Waals surface area contributed by atoms with E-state index in [9.17, 15) is 14.4 Å². The molecule has 1 fully saturated rings. The fourth-order valence-electron chi connectivity index (χ4n) is 4.06. The van der Waals surface area contributed by atoms with Crippen LogP contribution in [0.5, 0.6) is 0 Å². The van der Waals surface area contributed by atoms with Crippen molar-refractivity contribution < 1.29 is 14.4 Å². The van der Waals surface area contributed by atoms with E-state index in [2.05, 4.69) is 11.5 Å². The Morgan fingerprint density at radius 2 is 1.54 bits per heavy atom. The number of allylic oxidation sites excluding steroid dienone is 2. The summed E-state index contributed by atoms with van der Waals surface area (Å²) >= 11 is 0. The van der Waals surface area contributed by atoms with Crippen molar-refractivity contribution in [1.29, 1.82) is 0 Å². The van der Waals surface area contributed by atoms with Gasteiger partial charge in [0.05, 0.1) is 17.5 Å². The van der Waals surface area contributed by atoms with Crippen LogP contribution in [-0.4, -0.2) is 22.4 Å². The second-order valence-corrected chi connectivity index (χ2v) is 7.65. The van der Waals surface area contributed by atoms with E-state index in [-0.39, 0.29) is 29.6 Å². The van der Waals surface area contributed by atoms with Gasteiger partial charge in [0.15, 0.2) is 0 Å². The topological polar surface area (TPSA) is 71.4 Å². The third kappa shape index (κ3) is 2.95. The van der Waals surface area contributed by atoms with E-state index in [4.69, 9.17) is 0 Å². The summed E-state index contributed by atoms with van der Waals surface area (Å²) in [6, 6.07) is 10.5. The zero-order valence-electron chi connectivity index (χ0n) is 16.2. The minimum absolute atomic E-state index is 0.141. The SMILES string of the molecule is CC1=CC[C@@H]2C(=O)N(c3ccc(C(=O)Nn4c(C)ccc4C)cc3)C(=O)[C@H]2C1. The lowest BCUT2D eigenvalue weighted by atomic mass is 9.82. The average Bonchev–Trinajstić information content (AvgIpc) is 3.12. The molecule has 0 saturated carbocycles. The molecule has 144 valence electrons. The van der Waals surface area contributed by atoms with Crippen molar-refractivity contribution in [2.45, 2.75) is 33.6 Å². The Hall–Kier alpha value is -3.15. The van der Waals surface area contributed by atoms with Crippen LogP contribution in [0.1, 0.15) is 41.5 Å². The number of amides is 3. The molecule has 6 nitrogen and oxygen atoms in total. The van der Waals surface area contributed by atoms with Gasteiger partial charge in [-0.25, -0.2) is 0 Å². The van der Waals surface area contributed by atoms with Crippen molar-refractivity contribution in [3.63, 3.8) is 0 Å². The number of aromatic nitrogens is 1. The molecule has 2 atom stereocenters. The maximum atomic E-state index is 12.8. The van der Waals surface area contributed by atoms with Crippen molar-refractivity contribution in [1.82, 2.24) is 4.68 Å². The number of anilines is 1. The molecule has 1 aromatic carbocycles. The van der Waals surface area contributed by atoms with Gasteiger partial charge in [-0.3, -0.25) is 29.4 Å². The Labute approximate surface area is 163 Å². The Bertz CT molecular complexity index is 981. The number of nitrogens with zero attached hydrogens (tertiary/aromatic N) is 2. The maximum absolute atomic E-state index is 12.8. The van der Waals surface area contributed by atoms with E-state index in [0.717, 1.165) is 17.0 Å². The molecular weight excluding hydrogens is 354 g/mol. The van der Waals surface area contributed by atoms with Gasteiger partial charge in [-0.2, -0.15) is 0 Å². The van der Waals surface area contributed by atoms with Gasteiger partial charge < -0.3 is 0 Å². The van der Waals surface area contributed by atoms with Crippen LogP contribution in [0.4, 0.5) is 5.69 Å². The number of aryl methyl sites for hydroxylation is 2. The molecule has 4 rings (SSSR count). The van der Waals surface area contributed by atoms with E-state index in [1.165, 1.54) is 4.90 Å². The molecule has 0 spiro atoms. The minimum Gasteiger partial charge on any atom is -0.274 e. The van der Waals surface area contributed by atoms with E-state index < -0.39 is 0 Å². The molecule has 0 bridgehead atoms. The number of carbonyl (C=O) groups is 3. The molecule has 1 aliphatic heterocycles. The number of rotatable bonds is 3. The molecule has 28 heavy (non-hydrogen) atoms. The van der Waals surface area contributed by atoms with Crippen molar-refractivity contribution >= 4 is 23.4 Å². The van der Waals surface area contributed by atoms with Crippen LogP contribution in [0, 0.1) is 25.7 Å². The zero-order valence-corrected chi connectivity index (χ0v) is 16.2. The monoisotopic (exact) mass is 377 g/mol. The van der Waals surface area contributed by atoms with Crippen LogP contribution < -0.4 is 10.3 Å². The first-order valence-electron chi connectivity index (χ1n) is 9.46. The Morgan fingerprint density at radius 1 is 0.929 bits per heavy atom. The van der Waals surface area contributed by atoms with Crippen molar-refractivity contribution in [3.8, 4) is 0 Å². The van der Waals surface area contributed by atoms with Gasteiger partial charge >= 0.3 is 0 Å². The fourth-order valence-corrected chi connectivity index (χ4v) is 4.06. The quantitative estimate of drug-likeness (QED) is 0.659. The Morgan fingerprint density at radius 3 is 2.18 bits per heavy atom. The van der Waals surface area contributed by atoms with Gasteiger partial charge in [0.2, 0.25) is 11.8 Å². The number of hydrogen-bond donors (Lipinski definition) is 1. The lowest BCUT2D eigenvalue weighted by molar-refractivity contribution is -0.122. The van der Waals surface area contributed by atoms with Crippen LogP contribution in [-0.2, 0) is 9.59 Å². The number of carbonyl (C=O) groups excluding carboxylic acids is 3. The number of imide groups is 1.